The Morgan fingerprint density at radius 1 is 0.758 bits per heavy atom. The number of nitrogens with one attached hydrogen (secondary N) is 4. The largest absolute Gasteiger partial charge is 0.453 e. The second kappa shape index (κ2) is 16.2. The summed E-state index contributed by atoms with van der Waals surface area (Å²) in [5.74, 6) is -2.30. The first kappa shape index (κ1) is 43.6. The SMILES string of the molecule is COC(=O)N[C@H](C(=O)N1CC2(CC2)C[C@H]1c1ncc(-c2ccc3c(c2)C(F)(F)c2cc(-c4ccc5nc(C6C[C@H]7CC[C@H](C7)N6C(=O)[C@@H](NC(=O)OC)C(C)C)[nH]c5c4)ccc2-3)[nH]1)C(C)C. The number of benzene rings is 3. The number of imidazole rings is 2. The van der Waals surface area contributed by atoms with Gasteiger partial charge in [0.25, 0.3) is 5.92 Å². The number of carbonyl (C=O) groups is 4. The molecule has 2 bridgehead atoms. The zero-order valence-electron chi connectivity index (χ0n) is 38.0. The van der Waals surface area contributed by atoms with Gasteiger partial charge in [0, 0.05) is 29.3 Å². The minimum atomic E-state index is -3.29. The van der Waals surface area contributed by atoms with Gasteiger partial charge < -0.3 is 39.9 Å². The molecule has 2 saturated heterocycles. The van der Waals surface area contributed by atoms with Crippen LogP contribution in [0.2, 0.25) is 0 Å². The summed E-state index contributed by atoms with van der Waals surface area (Å²) in [6.07, 6.45) is 6.61. The highest BCUT2D eigenvalue weighted by Crippen LogP contribution is 2.59. The van der Waals surface area contributed by atoms with Crippen molar-refractivity contribution in [1.82, 2.24) is 40.4 Å². The van der Waals surface area contributed by atoms with Crippen LogP contribution >= 0.6 is 0 Å². The number of alkyl carbamates (subject to hydrolysis) is 2. The maximum absolute atomic E-state index is 16.7. The van der Waals surface area contributed by atoms with Crippen molar-refractivity contribution >= 4 is 35.0 Å². The minimum absolute atomic E-state index is 0.00967. The number of rotatable bonds is 10. The van der Waals surface area contributed by atoms with Gasteiger partial charge in [-0.3, -0.25) is 9.59 Å². The van der Waals surface area contributed by atoms with E-state index in [2.05, 4.69) is 20.6 Å². The second-order valence-corrected chi connectivity index (χ2v) is 19.9. The second-order valence-electron chi connectivity index (χ2n) is 19.9. The van der Waals surface area contributed by atoms with E-state index in [0.717, 1.165) is 56.0 Å². The van der Waals surface area contributed by atoms with Gasteiger partial charge in [0.05, 0.1) is 49.2 Å². The highest BCUT2D eigenvalue weighted by Gasteiger charge is 2.55. The van der Waals surface area contributed by atoms with Crippen LogP contribution in [-0.2, 0) is 25.0 Å². The fraction of sp³-hybridized carbons (Fsp3) is 0.480. The number of H-pyrrole nitrogens is 2. The monoisotopic (exact) mass is 902 g/mol. The Morgan fingerprint density at radius 3 is 2.03 bits per heavy atom. The maximum Gasteiger partial charge on any atom is 0.407 e. The number of hydrogen-bond donors (Lipinski definition) is 4. The number of piperidine rings is 1. The summed E-state index contributed by atoms with van der Waals surface area (Å²) in [5, 5.41) is 5.45. The molecule has 2 aliphatic heterocycles. The molecule has 5 aliphatic rings. The van der Waals surface area contributed by atoms with E-state index in [9.17, 15) is 19.2 Å². The molecule has 14 nitrogen and oxygen atoms in total. The number of ether oxygens (including phenoxy) is 2. The van der Waals surface area contributed by atoms with Crippen molar-refractivity contribution in [3.05, 3.63) is 83.6 Å². The smallest absolute Gasteiger partial charge is 0.407 e. The van der Waals surface area contributed by atoms with Crippen molar-refractivity contribution < 1.29 is 37.4 Å². The quantitative estimate of drug-likeness (QED) is 0.107. The molecule has 346 valence electrons. The molecule has 1 unspecified atom stereocenters. The van der Waals surface area contributed by atoms with Crippen molar-refractivity contribution in [2.45, 2.75) is 109 Å². The summed E-state index contributed by atoms with van der Waals surface area (Å²) in [7, 11) is 2.55. The van der Waals surface area contributed by atoms with E-state index < -0.39 is 30.2 Å². The van der Waals surface area contributed by atoms with E-state index in [-0.39, 0.29) is 58.3 Å². The van der Waals surface area contributed by atoms with E-state index in [1.165, 1.54) is 20.3 Å². The fourth-order valence-electron chi connectivity index (χ4n) is 11.2. The van der Waals surface area contributed by atoms with Gasteiger partial charge in [0.1, 0.15) is 23.7 Å². The maximum atomic E-state index is 16.7. The summed E-state index contributed by atoms with van der Waals surface area (Å²) in [6.45, 7) is 8.10. The van der Waals surface area contributed by atoms with E-state index in [1.807, 2.05) is 62.9 Å². The Balaban J connectivity index is 0.899. The number of carbonyl (C=O) groups excluding carboxylic acids is 4. The summed E-state index contributed by atoms with van der Waals surface area (Å²) in [6, 6.07) is 13.8. The molecule has 4 fully saturated rings. The van der Waals surface area contributed by atoms with Crippen molar-refractivity contribution in [3.8, 4) is 33.5 Å². The van der Waals surface area contributed by atoms with Gasteiger partial charge in [-0.1, -0.05) is 58.0 Å². The lowest BCUT2D eigenvalue weighted by atomic mass is 9.90. The Hall–Kier alpha value is -6.32. The molecule has 0 radical (unpaired) electrons. The van der Waals surface area contributed by atoms with Crippen molar-refractivity contribution in [2.75, 3.05) is 20.8 Å². The predicted molar refractivity (Wildman–Crippen MR) is 242 cm³/mol. The summed E-state index contributed by atoms with van der Waals surface area (Å²) in [4.78, 5) is 72.9. The standard InChI is InChI=1S/C50H56F2N8O6/c1-25(2)41(57-47(63)65-5)45(61)59-24-49(15-16-49)22-40(59)43-53-23-38(56-43)30-9-13-33-32-12-8-28(19-34(32)50(51,52)35(33)20-30)29-10-14-36-37(21-29)55-44(54-36)39-18-27-7-11-31(17-27)60(39)46(62)42(26(3)4)58-48(64)66-6/h8-10,12-14,19-21,23,25-27,31,39-42H,7,11,15-18,22,24H2,1-6H3,(H,53,56)(H,54,55)(H,57,63)(H,58,64)/t27-,31+,39?,40-,41-,42-/m0/s1. The van der Waals surface area contributed by atoms with Crippen LogP contribution < -0.4 is 10.6 Å². The van der Waals surface area contributed by atoms with Gasteiger partial charge in [-0.05, 0) is 115 Å². The third kappa shape index (κ3) is 7.45. The molecule has 6 atom stereocenters. The Bertz CT molecular complexity index is 2760. The molecule has 3 aliphatic carbocycles. The zero-order chi connectivity index (χ0) is 46.4. The van der Waals surface area contributed by atoms with E-state index in [0.29, 0.717) is 57.6 Å². The fourth-order valence-corrected chi connectivity index (χ4v) is 11.2. The number of halogens is 2. The number of amides is 4. The molecule has 5 aromatic rings. The normalized spacial score (nSPS) is 22.9. The van der Waals surface area contributed by atoms with Crippen LogP contribution in [0.3, 0.4) is 0 Å². The van der Waals surface area contributed by atoms with Crippen LogP contribution in [-0.4, -0.2) is 92.6 Å². The summed E-state index contributed by atoms with van der Waals surface area (Å²) in [5.41, 5.74) is 4.68. The van der Waals surface area contributed by atoms with Crippen molar-refractivity contribution in [1.29, 1.82) is 0 Å². The first-order valence-corrected chi connectivity index (χ1v) is 23.1. The van der Waals surface area contributed by atoms with Gasteiger partial charge >= 0.3 is 12.2 Å². The van der Waals surface area contributed by atoms with Gasteiger partial charge in [0.15, 0.2) is 0 Å². The number of alkyl halides is 2. The molecular formula is C50H56F2N8O6. The lowest BCUT2D eigenvalue weighted by Gasteiger charge is -2.42. The Kier molecular flexibility index (Phi) is 10.7. The highest BCUT2D eigenvalue weighted by atomic mass is 19.3. The number of likely N-dealkylation sites (tertiary alicyclic amines) is 2. The van der Waals surface area contributed by atoms with Gasteiger partial charge in [-0.2, -0.15) is 8.78 Å². The minimum Gasteiger partial charge on any atom is -0.453 e. The molecule has 1 spiro atoms. The lowest BCUT2D eigenvalue weighted by molar-refractivity contribution is -0.141. The van der Waals surface area contributed by atoms with E-state index in [1.54, 1.807) is 29.3 Å². The van der Waals surface area contributed by atoms with Crippen molar-refractivity contribution in [3.63, 3.8) is 0 Å². The Morgan fingerprint density at radius 2 is 1.38 bits per heavy atom. The van der Waals surface area contributed by atoms with Gasteiger partial charge in [-0.15, -0.1) is 0 Å². The van der Waals surface area contributed by atoms with Gasteiger partial charge in [0.2, 0.25) is 11.8 Å². The number of methoxy groups -OCH3 is 2. The topological polar surface area (TPSA) is 175 Å². The predicted octanol–water partition coefficient (Wildman–Crippen LogP) is 9.00. The number of aromatic amines is 2. The first-order valence-electron chi connectivity index (χ1n) is 23.1. The molecule has 2 saturated carbocycles. The molecular weight excluding hydrogens is 847 g/mol. The lowest BCUT2D eigenvalue weighted by Crippen LogP contribution is -2.55. The van der Waals surface area contributed by atoms with Crippen LogP contribution in [0.4, 0.5) is 18.4 Å². The van der Waals surface area contributed by atoms with Gasteiger partial charge in [-0.25, -0.2) is 19.6 Å². The van der Waals surface area contributed by atoms with Crippen LogP contribution in [0.25, 0.3) is 44.5 Å². The molecule has 16 heteroatoms. The summed E-state index contributed by atoms with van der Waals surface area (Å²) < 4.78 is 43.1. The molecule has 4 heterocycles. The number of fused-ring (bicyclic) bond motifs is 6. The number of nitrogens with zero attached hydrogens (tertiary/aromatic N) is 4. The average molecular weight is 903 g/mol. The highest BCUT2D eigenvalue weighted by molar-refractivity contribution is 5.89. The third-order valence-electron chi connectivity index (χ3n) is 15.0. The zero-order valence-corrected chi connectivity index (χ0v) is 38.0. The van der Waals surface area contributed by atoms with E-state index >= 15 is 8.78 Å². The van der Waals surface area contributed by atoms with Crippen LogP contribution in [0.1, 0.15) is 108 Å². The molecule has 4 N–H and O–H groups in total. The third-order valence-corrected chi connectivity index (χ3v) is 15.0. The van der Waals surface area contributed by atoms with Crippen molar-refractivity contribution in [2.24, 2.45) is 23.2 Å². The molecule has 10 rings (SSSR count). The molecule has 4 amide bonds. The Labute approximate surface area is 381 Å². The molecule has 3 aromatic carbocycles. The van der Waals surface area contributed by atoms with E-state index in [4.69, 9.17) is 19.4 Å². The summed E-state index contributed by atoms with van der Waals surface area (Å²) >= 11 is 0. The van der Waals surface area contributed by atoms with Crippen LogP contribution in [0, 0.1) is 23.2 Å². The van der Waals surface area contributed by atoms with Crippen LogP contribution in [0.5, 0.6) is 0 Å². The van der Waals surface area contributed by atoms with Crippen LogP contribution in [0.15, 0.2) is 60.8 Å². The number of hydrogen-bond acceptors (Lipinski definition) is 8. The first-order chi connectivity index (χ1) is 31.6. The molecule has 66 heavy (non-hydrogen) atoms. The molecule has 2 aromatic heterocycles. The average Bonchev–Trinajstić information content (AvgIpc) is 3.79. The number of aromatic nitrogens is 4.